The Morgan fingerprint density at radius 3 is 2.24 bits per heavy atom. The smallest absolute Gasteiger partial charge is 0.275 e. The van der Waals surface area contributed by atoms with Crippen molar-refractivity contribution in [3.63, 3.8) is 0 Å². The number of nitrogens with zero attached hydrogens (tertiary/aromatic N) is 3. The molecule has 0 radical (unpaired) electrons. The summed E-state index contributed by atoms with van der Waals surface area (Å²) < 4.78 is 0. The molecule has 0 saturated heterocycles. The molecule has 0 spiro atoms. The number of carbonyl (C=O) groups excluding carboxylic acids is 2. The lowest BCUT2D eigenvalue weighted by Crippen LogP contribution is -2.15. The minimum absolute atomic E-state index is 0.226. The molecule has 124 valence electrons. The van der Waals surface area contributed by atoms with Crippen LogP contribution in [0.3, 0.4) is 0 Å². The highest BCUT2D eigenvalue weighted by molar-refractivity contribution is 6.05. The van der Waals surface area contributed by atoms with Gasteiger partial charge in [0.05, 0.1) is 23.8 Å². The molecule has 0 aliphatic heterocycles. The standard InChI is InChI=1S/C18H15N5O2/c1-12-9-21-16(11-20-12)18(25)22-14-6-4-13(5-7-14)17(24)23-15-3-2-8-19-10-15/h2-11H,1H3,(H,22,25)(H,23,24). The van der Waals surface area contributed by atoms with Gasteiger partial charge in [-0.05, 0) is 43.3 Å². The zero-order valence-electron chi connectivity index (χ0n) is 13.4. The Bertz CT molecular complexity index is 878. The summed E-state index contributed by atoms with van der Waals surface area (Å²) in [7, 11) is 0. The van der Waals surface area contributed by atoms with Gasteiger partial charge in [-0.25, -0.2) is 4.98 Å². The number of aromatic nitrogens is 3. The first-order valence-electron chi connectivity index (χ1n) is 7.53. The molecule has 3 rings (SSSR count). The number of carbonyl (C=O) groups is 2. The molecule has 2 N–H and O–H groups in total. The number of anilines is 2. The summed E-state index contributed by atoms with van der Waals surface area (Å²) in [5.41, 5.74) is 2.61. The van der Waals surface area contributed by atoms with E-state index in [0.717, 1.165) is 5.69 Å². The van der Waals surface area contributed by atoms with Gasteiger partial charge >= 0.3 is 0 Å². The van der Waals surface area contributed by atoms with Gasteiger partial charge in [-0.15, -0.1) is 0 Å². The molecule has 0 aliphatic rings. The summed E-state index contributed by atoms with van der Waals surface area (Å²) in [6.45, 7) is 1.80. The number of rotatable bonds is 4. The number of aryl methyl sites for hydroxylation is 1. The molecule has 25 heavy (non-hydrogen) atoms. The molecule has 0 atom stereocenters. The second kappa shape index (κ2) is 7.31. The average Bonchev–Trinajstić information content (AvgIpc) is 2.63. The van der Waals surface area contributed by atoms with Gasteiger partial charge in [0.1, 0.15) is 5.69 Å². The SMILES string of the molecule is Cc1cnc(C(=O)Nc2ccc(C(=O)Nc3cccnc3)cc2)cn1. The largest absolute Gasteiger partial charge is 0.321 e. The zero-order chi connectivity index (χ0) is 17.6. The molecule has 2 aromatic heterocycles. The lowest BCUT2D eigenvalue weighted by Gasteiger charge is -2.07. The highest BCUT2D eigenvalue weighted by Gasteiger charge is 2.10. The van der Waals surface area contributed by atoms with Crippen LogP contribution in [0.25, 0.3) is 0 Å². The van der Waals surface area contributed by atoms with Crippen LogP contribution < -0.4 is 10.6 Å². The minimum atomic E-state index is -0.361. The lowest BCUT2D eigenvalue weighted by atomic mass is 10.2. The first-order valence-corrected chi connectivity index (χ1v) is 7.53. The predicted molar refractivity (Wildman–Crippen MR) is 93.4 cm³/mol. The van der Waals surface area contributed by atoms with Gasteiger partial charge in [0.15, 0.2) is 0 Å². The van der Waals surface area contributed by atoms with E-state index in [9.17, 15) is 9.59 Å². The number of pyridine rings is 1. The fraction of sp³-hybridized carbons (Fsp3) is 0.0556. The van der Waals surface area contributed by atoms with Crippen LogP contribution in [-0.2, 0) is 0 Å². The second-order valence-corrected chi connectivity index (χ2v) is 5.27. The molecule has 7 heteroatoms. The van der Waals surface area contributed by atoms with Crippen LogP contribution in [0.1, 0.15) is 26.5 Å². The summed E-state index contributed by atoms with van der Waals surface area (Å²) in [6.07, 6.45) is 6.14. The van der Waals surface area contributed by atoms with Crippen LogP contribution in [0.4, 0.5) is 11.4 Å². The summed E-state index contributed by atoms with van der Waals surface area (Å²) in [4.78, 5) is 36.2. The van der Waals surface area contributed by atoms with Gasteiger partial charge in [0.25, 0.3) is 11.8 Å². The Labute approximate surface area is 144 Å². The van der Waals surface area contributed by atoms with Crippen LogP contribution >= 0.6 is 0 Å². The zero-order valence-corrected chi connectivity index (χ0v) is 13.4. The second-order valence-electron chi connectivity index (χ2n) is 5.27. The van der Waals surface area contributed by atoms with Gasteiger partial charge in [0, 0.05) is 23.6 Å². The van der Waals surface area contributed by atoms with Gasteiger partial charge in [-0.2, -0.15) is 0 Å². The average molecular weight is 333 g/mol. The molecule has 2 amide bonds. The molecule has 0 fully saturated rings. The number of nitrogens with one attached hydrogen (secondary N) is 2. The van der Waals surface area contributed by atoms with Crippen LogP contribution in [0.15, 0.2) is 61.2 Å². The molecule has 0 bridgehead atoms. The van der Waals surface area contributed by atoms with Gasteiger partial charge in [-0.1, -0.05) is 0 Å². The van der Waals surface area contributed by atoms with E-state index in [-0.39, 0.29) is 17.5 Å². The van der Waals surface area contributed by atoms with Gasteiger partial charge < -0.3 is 10.6 Å². The van der Waals surface area contributed by atoms with E-state index >= 15 is 0 Å². The van der Waals surface area contributed by atoms with Crippen molar-refractivity contribution >= 4 is 23.2 Å². The van der Waals surface area contributed by atoms with E-state index < -0.39 is 0 Å². The molecule has 7 nitrogen and oxygen atoms in total. The van der Waals surface area contributed by atoms with E-state index in [1.54, 1.807) is 55.7 Å². The van der Waals surface area contributed by atoms with Gasteiger partial charge in [0.2, 0.25) is 0 Å². The molecule has 2 heterocycles. The third-order valence-corrected chi connectivity index (χ3v) is 3.34. The number of benzene rings is 1. The van der Waals surface area contributed by atoms with Crippen LogP contribution in [0.2, 0.25) is 0 Å². The van der Waals surface area contributed by atoms with Crippen molar-refractivity contribution in [3.8, 4) is 0 Å². The fourth-order valence-corrected chi connectivity index (χ4v) is 2.05. The summed E-state index contributed by atoms with van der Waals surface area (Å²) in [5.74, 6) is -0.615. The Morgan fingerprint density at radius 2 is 1.60 bits per heavy atom. The molecular weight excluding hydrogens is 318 g/mol. The minimum Gasteiger partial charge on any atom is -0.321 e. The molecule has 3 aromatic rings. The van der Waals surface area contributed by atoms with Crippen LogP contribution in [0, 0.1) is 6.92 Å². The van der Waals surface area contributed by atoms with E-state index in [1.807, 2.05) is 0 Å². The van der Waals surface area contributed by atoms with E-state index in [0.29, 0.717) is 16.9 Å². The summed E-state index contributed by atoms with van der Waals surface area (Å²) in [5, 5.41) is 5.45. The summed E-state index contributed by atoms with van der Waals surface area (Å²) in [6, 6.07) is 10.0. The maximum absolute atomic E-state index is 12.2. The Kier molecular flexibility index (Phi) is 4.75. The van der Waals surface area contributed by atoms with Crippen molar-refractivity contribution in [2.45, 2.75) is 6.92 Å². The third kappa shape index (κ3) is 4.23. The van der Waals surface area contributed by atoms with Crippen LogP contribution in [0.5, 0.6) is 0 Å². The predicted octanol–water partition coefficient (Wildman–Crippen LogP) is 2.68. The number of hydrogen-bond acceptors (Lipinski definition) is 5. The van der Waals surface area contributed by atoms with Crippen molar-refractivity contribution in [1.82, 2.24) is 15.0 Å². The number of amides is 2. The highest BCUT2D eigenvalue weighted by atomic mass is 16.2. The maximum atomic E-state index is 12.2. The topological polar surface area (TPSA) is 96.9 Å². The third-order valence-electron chi connectivity index (χ3n) is 3.34. The van der Waals surface area contributed by atoms with Crippen molar-refractivity contribution in [3.05, 3.63) is 78.1 Å². The monoisotopic (exact) mass is 333 g/mol. The first-order chi connectivity index (χ1) is 12.1. The van der Waals surface area contributed by atoms with Crippen molar-refractivity contribution in [2.24, 2.45) is 0 Å². The maximum Gasteiger partial charge on any atom is 0.275 e. The van der Waals surface area contributed by atoms with E-state index in [1.165, 1.54) is 12.4 Å². The molecule has 1 aromatic carbocycles. The lowest BCUT2D eigenvalue weighted by molar-refractivity contribution is 0.101. The highest BCUT2D eigenvalue weighted by Crippen LogP contribution is 2.13. The summed E-state index contributed by atoms with van der Waals surface area (Å²) >= 11 is 0. The fourth-order valence-electron chi connectivity index (χ4n) is 2.05. The Balaban J connectivity index is 1.64. The van der Waals surface area contributed by atoms with Gasteiger partial charge in [-0.3, -0.25) is 19.6 Å². The molecule has 0 saturated carbocycles. The molecule has 0 aliphatic carbocycles. The van der Waals surface area contributed by atoms with Crippen molar-refractivity contribution in [1.29, 1.82) is 0 Å². The number of hydrogen-bond donors (Lipinski definition) is 2. The normalized spacial score (nSPS) is 10.1. The van der Waals surface area contributed by atoms with Crippen molar-refractivity contribution in [2.75, 3.05) is 10.6 Å². The Morgan fingerprint density at radius 1 is 0.840 bits per heavy atom. The van der Waals surface area contributed by atoms with E-state index in [4.69, 9.17) is 0 Å². The molecular formula is C18H15N5O2. The molecule has 0 unspecified atom stereocenters. The van der Waals surface area contributed by atoms with Crippen molar-refractivity contribution < 1.29 is 9.59 Å². The quantitative estimate of drug-likeness (QED) is 0.765. The van der Waals surface area contributed by atoms with Crippen LogP contribution in [-0.4, -0.2) is 26.8 Å². The van der Waals surface area contributed by atoms with E-state index in [2.05, 4.69) is 25.6 Å². The Hall–Kier alpha value is -3.61. The first kappa shape index (κ1) is 16.3.